The Morgan fingerprint density at radius 1 is 1.18 bits per heavy atom. The standard InChI is InChI=1S/C15H22N4O3/c1-15(2,20)11-19-7-5-18(6-8-19)10-13-16-17-14(22-13)12-4-3-9-21-12/h3-4,9,20H,5-8,10-11H2,1-2H3. The van der Waals surface area contributed by atoms with Crippen LogP contribution in [0.2, 0.25) is 0 Å². The molecule has 1 N–H and O–H groups in total. The molecule has 0 atom stereocenters. The second-order valence-corrected chi connectivity index (χ2v) is 6.34. The van der Waals surface area contributed by atoms with Gasteiger partial charge in [-0.05, 0) is 26.0 Å². The van der Waals surface area contributed by atoms with Crippen molar-refractivity contribution in [3.63, 3.8) is 0 Å². The van der Waals surface area contributed by atoms with Crippen molar-refractivity contribution in [3.8, 4) is 11.7 Å². The molecule has 0 saturated carbocycles. The molecule has 120 valence electrons. The maximum Gasteiger partial charge on any atom is 0.283 e. The van der Waals surface area contributed by atoms with Crippen LogP contribution < -0.4 is 0 Å². The maximum absolute atomic E-state index is 9.87. The third kappa shape index (κ3) is 3.94. The van der Waals surface area contributed by atoms with Gasteiger partial charge >= 0.3 is 0 Å². The molecule has 0 bridgehead atoms. The van der Waals surface area contributed by atoms with Crippen molar-refractivity contribution in [2.45, 2.75) is 26.0 Å². The van der Waals surface area contributed by atoms with Crippen LogP contribution in [-0.4, -0.2) is 63.4 Å². The first kappa shape index (κ1) is 15.2. The van der Waals surface area contributed by atoms with Crippen LogP contribution in [0, 0.1) is 0 Å². The summed E-state index contributed by atoms with van der Waals surface area (Å²) in [6, 6.07) is 3.59. The SMILES string of the molecule is CC(C)(O)CN1CCN(Cc2nnc(-c3ccco3)o2)CC1. The highest BCUT2D eigenvalue weighted by atomic mass is 16.4. The zero-order valence-electron chi connectivity index (χ0n) is 13.0. The Kier molecular flexibility index (Phi) is 4.28. The molecule has 1 aliphatic rings. The molecule has 0 amide bonds. The molecule has 0 aromatic carbocycles. The number of aromatic nitrogens is 2. The summed E-state index contributed by atoms with van der Waals surface area (Å²) in [5.74, 6) is 1.61. The number of piperazine rings is 1. The summed E-state index contributed by atoms with van der Waals surface area (Å²) < 4.78 is 10.9. The number of furan rings is 1. The number of rotatable bonds is 5. The fourth-order valence-corrected chi connectivity index (χ4v) is 2.66. The quantitative estimate of drug-likeness (QED) is 0.889. The van der Waals surface area contributed by atoms with E-state index < -0.39 is 5.60 Å². The molecule has 2 aromatic heterocycles. The van der Waals surface area contributed by atoms with Gasteiger partial charge in [-0.1, -0.05) is 0 Å². The van der Waals surface area contributed by atoms with E-state index in [1.165, 1.54) is 0 Å². The first-order valence-corrected chi connectivity index (χ1v) is 7.53. The number of hydrogen-bond donors (Lipinski definition) is 1. The largest absolute Gasteiger partial charge is 0.459 e. The Balaban J connectivity index is 1.51. The number of hydrogen-bond acceptors (Lipinski definition) is 7. The Morgan fingerprint density at radius 2 is 1.91 bits per heavy atom. The lowest BCUT2D eigenvalue weighted by Gasteiger charge is -2.36. The second-order valence-electron chi connectivity index (χ2n) is 6.34. The lowest BCUT2D eigenvalue weighted by atomic mass is 10.1. The highest BCUT2D eigenvalue weighted by molar-refractivity contribution is 5.42. The average molecular weight is 306 g/mol. The zero-order valence-corrected chi connectivity index (χ0v) is 13.0. The van der Waals surface area contributed by atoms with Crippen molar-refractivity contribution in [2.24, 2.45) is 0 Å². The normalized spacial score (nSPS) is 18.0. The molecule has 0 radical (unpaired) electrons. The molecule has 0 unspecified atom stereocenters. The van der Waals surface area contributed by atoms with Crippen LogP contribution in [-0.2, 0) is 6.54 Å². The minimum absolute atomic E-state index is 0.417. The summed E-state index contributed by atoms with van der Waals surface area (Å²) in [6.07, 6.45) is 1.58. The molecule has 0 aliphatic carbocycles. The summed E-state index contributed by atoms with van der Waals surface area (Å²) in [7, 11) is 0. The maximum atomic E-state index is 9.87. The minimum Gasteiger partial charge on any atom is -0.459 e. The van der Waals surface area contributed by atoms with E-state index in [1.54, 1.807) is 18.4 Å². The summed E-state index contributed by atoms with van der Waals surface area (Å²) in [5.41, 5.74) is -0.646. The number of β-amino-alcohol motifs (C(OH)–C–C–N with tert-alkyl or cyclic N) is 1. The smallest absolute Gasteiger partial charge is 0.283 e. The predicted octanol–water partition coefficient (Wildman–Crippen LogP) is 1.22. The highest BCUT2D eigenvalue weighted by Crippen LogP contribution is 2.19. The zero-order chi connectivity index (χ0) is 15.6. The molecule has 1 aliphatic heterocycles. The Morgan fingerprint density at radius 3 is 2.55 bits per heavy atom. The topological polar surface area (TPSA) is 78.8 Å². The van der Waals surface area contributed by atoms with Gasteiger partial charge < -0.3 is 13.9 Å². The van der Waals surface area contributed by atoms with Gasteiger partial charge in [-0.3, -0.25) is 9.80 Å². The van der Waals surface area contributed by atoms with E-state index in [1.807, 2.05) is 13.8 Å². The van der Waals surface area contributed by atoms with Crippen LogP contribution in [0.3, 0.4) is 0 Å². The van der Waals surface area contributed by atoms with Crippen LogP contribution in [0.4, 0.5) is 0 Å². The Labute approximate surface area is 129 Å². The molecule has 1 fully saturated rings. The highest BCUT2D eigenvalue weighted by Gasteiger charge is 2.23. The lowest BCUT2D eigenvalue weighted by Crippen LogP contribution is -2.50. The average Bonchev–Trinajstić information content (AvgIpc) is 3.10. The van der Waals surface area contributed by atoms with Crippen molar-refractivity contribution >= 4 is 0 Å². The summed E-state index contributed by atoms with van der Waals surface area (Å²) >= 11 is 0. The lowest BCUT2D eigenvalue weighted by molar-refractivity contribution is 0.0156. The van der Waals surface area contributed by atoms with E-state index in [0.717, 1.165) is 26.2 Å². The molecule has 7 nitrogen and oxygen atoms in total. The van der Waals surface area contributed by atoms with E-state index in [4.69, 9.17) is 8.83 Å². The first-order valence-electron chi connectivity index (χ1n) is 7.53. The van der Waals surface area contributed by atoms with Gasteiger partial charge in [-0.15, -0.1) is 10.2 Å². The van der Waals surface area contributed by atoms with Crippen molar-refractivity contribution in [1.29, 1.82) is 0 Å². The van der Waals surface area contributed by atoms with Crippen LogP contribution in [0.1, 0.15) is 19.7 Å². The van der Waals surface area contributed by atoms with E-state index in [-0.39, 0.29) is 0 Å². The van der Waals surface area contributed by atoms with Crippen molar-refractivity contribution in [3.05, 3.63) is 24.3 Å². The summed E-state index contributed by atoms with van der Waals surface area (Å²) in [4.78, 5) is 4.55. The molecule has 2 aromatic rings. The summed E-state index contributed by atoms with van der Waals surface area (Å²) in [6.45, 7) is 8.74. The van der Waals surface area contributed by atoms with E-state index in [9.17, 15) is 5.11 Å². The van der Waals surface area contributed by atoms with Crippen LogP contribution >= 0.6 is 0 Å². The molecule has 22 heavy (non-hydrogen) atoms. The van der Waals surface area contributed by atoms with Gasteiger partial charge in [0.1, 0.15) is 0 Å². The van der Waals surface area contributed by atoms with Gasteiger partial charge in [0.05, 0.1) is 18.4 Å². The predicted molar refractivity (Wildman–Crippen MR) is 80.0 cm³/mol. The van der Waals surface area contributed by atoms with Gasteiger partial charge in [0.2, 0.25) is 5.89 Å². The fourth-order valence-electron chi connectivity index (χ4n) is 2.66. The summed E-state index contributed by atoms with van der Waals surface area (Å²) in [5, 5.41) is 17.9. The monoisotopic (exact) mass is 306 g/mol. The molecule has 3 heterocycles. The van der Waals surface area contributed by atoms with Crippen LogP contribution in [0.5, 0.6) is 0 Å². The number of aliphatic hydroxyl groups is 1. The Hall–Kier alpha value is -1.70. The molecule has 7 heteroatoms. The molecular formula is C15H22N4O3. The third-order valence-corrected chi connectivity index (χ3v) is 3.63. The Bertz CT molecular complexity index is 580. The molecule has 0 spiro atoms. The molecule has 3 rings (SSSR count). The fraction of sp³-hybridized carbons (Fsp3) is 0.600. The second kappa shape index (κ2) is 6.20. The van der Waals surface area contributed by atoms with Gasteiger partial charge in [0, 0.05) is 32.7 Å². The van der Waals surface area contributed by atoms with E-state index in [2.05, 4.69) is 20.0 Å². The molecule has 1 saturated heterocycles. The van der Waals surface area contributed by atoms with Crippen molar-refractivity contribution in [2.75, 3.05) is 32.7 Å². The third-order valence-electron chi connectivity index (χ3n) is 3.63. The van der Waals surface area contributed by atoms with Crippen LogP contribution in [0.15, 0.2) is 27.2 Å². The van der Waals surface area contributed by atoms with Crippen LogP contribution in [0.25, 0.3) is 11.7 Å². The molecular weight excluding hydrogens is 284 g/mol. The van der Waals surface area contributed by atoms with Crippen molar-refractivity contribution in [1.82, 2.24) is 20.0 Å². The van der Waals surface area contributed by atoms with E-state index in [0.29, 0.717) is 30.6 Å². The van der Waals surface area contributed by atoms with Gasteiger partial charge in [-0.25, -0.2) is 0 Å². The van der Waals surface area contributed by atoms with Gasteiger partial charge in [0.25, 0.3) is 5.89 Å². The van der Waals surface area contributed by atoms with Gasteiger partial charge in [0.15, 0.2) is 5.76 Å². The van der Waals surface area contributed by atoms with Gasteiger partial charge in [-0.2, -0.15) is 0 Å². The number of nitrogens with zero attached hydrogens (tertiary/aromatic N) is 4. The van der Waals surface area contributed by atoms with Crippen molar-refractivity contribution < 1.29 is 13.9 Å². The minimum atomic E-state index is -0.646. The van der Waals surface area contributed by atoms with E-state index >= 15 is 0 Å². The first-order chi connectivity index (χ1) is 10.5.